The number of rotatable bonds is 3. The highest BCUT2D eigenvalue weighted by Crippen LogP contribution is 2.15. The third kappa shape index (κ3) is 2.85. The number of amides is 1. The first-order chi connectivity index (χ1) is 8.70. The number of aliphatic hydroxyl groups is 1. The summed E-state index contributed by atoms with van der Waals surface area (Å²) in [6.07, 6.45) is 1.55. The van der Waals surface area contributed by atoms with E-state index in [0.717, 1.165) is 0 Å². The van der Waals surface area contributed by atoms with Crippen molar-refractivity contribution in [1.82, 2.24) is 4.98 Å². The first kappa shape index (κ1) is 12.5. The van der Waals surface area contributed by atoms with Gasteiger partial charge in [0.05, 0.1) is 6.61 Å². The van der Waals surface area contributed by atoms with Crippen LogP contribution in [0.2, 0.25) is 5.02 Å². The molecule has 92 valence electrons. The van der Waals surface area contributed by atoms with Crippen LogP contribution in [0.5, 0.6) is 0 Å². The molecule has 0 fully saturated rings. The van der Waals surface area contributed by atoms with Gasteiger partial charge in [-0.05, 0) is 24.3 Å². The average molecular weight is 263 g/mol. The number of pyridine rings is 1. The molecule has 5 heteroatoms. The molecule has 0 spiro atoms. The zero-order valence-electron chi connectivity index (χ0n) is 9.43. The van der Waals surface area contributed by atoms with Gasteiger partial charge in [-0.15, -0.1) is 0 Å². The van der Waals surface area contributed by atoms with Crippen LogP contribution in [0.15, 0.2) is 42.6 Å². The number of carbonyl (C=O) groups is 1. The molecular formula is C13H11ClN2O2. The number of hydrogen-bond donors (Lipinski definition) is 2. The number of nitrogens with zero attached hydrogens (tertiary/aromatic N) is 1. The molecule has 0 aliphatic rings. The van der Waals surface area contributed by atoms with Gasteiger partial charge in [-0.2, -0.15) is 0 Å². The van der Waals surface area contributed by atoms with E-state index >= 15 is 0 Å². The summed E-state index contributed by atoms with van der Waals surface area (Å²) in [6, 6.07) is 10.0. The van der Waals surface area contributed by atoms with Crippen LogP contribution in [0.3, 0.4) is 0 Å². The molecule has 0 bridgehead atoms. The molecule has 0 aliphatic carbocycles. The number of hydrogen-bond acceptors (Lipinski definition) is 3. The van der Waals surface area contributed by atoms with Crippen molar-refractivity contribution in [1.29, 1.82) is 0 Å². The summed E-state index contributed by atoms with van der Waals surface area (Å²) < 4.78 is 0. The monoisotopic (exact) mass is 262 g/mol. The molecule has 18 heavy (non-hydrogen) atoms. The molecule has 1 aromatic carbocycles. The topological polar surface area (TPSA) is 62.2 Å². The molecule has 0 radical (unpaired) electrons. The van der Waals surface area contributed by atoms with Crippen LogP contribution >= 0.6 is 11.6 Å². The van der Waals surface area contributed by atoms with Crippen LogP contribution < -0.4 is 5.32 Å². The van der Waals surface area contributed by atoms with E-state index in [2.05, 4.69) is 10.3 Å². The molecule has 1 aromatic heterocycles. The molecule has 2 N–H and O–H groups in total. The standard InChI is InChI=1S/C13H11ClN2O2/c14-11-5-1-3-9(7-11)13(18)16-12-10(8-17)4-2-6-15-12/h1-7,17H,8H2,(H,15,16,18). The lowest BCUT2D eigenvalue weighted by Crippen LogP contribution is -2.14. The van der Waals surface area contributed by atoms with Gasteiger partial charge in [-0.1, -0.05) is 23.7 Å². The van der Waals surface area contributed by atoms with Gasteiger partial charge in [0.2, 0.25) is 0 Å². The summed E-state index contributed by atoms with van der Waals surface area (Å²) >= 11 is 5.81. The van der Waals surface area contributed by atoms with Crippen molar-refractivity contribution >= 4 is 23.3 Å². The Balaban J connectivity index is 2.21. The molecule has 2 aromatic rings. The molecule has 0 atom stereocenters. The summed E-state index contributed by atoms with van der Waals surface area (Å²) in [5.41, 5.74) is 1.00. The number of anilines is 1. The number of carbonyl (C=O) groups excluding carboxylic acids is 1. The maximum Gasteiger partial charge on any atom is 0.256 e. The van der Waals surface area contributed by atoms with Crippen LogP contribution in [-0.4, -0.2) is 16.0 Å². The quantitative estimate of drug-likeness (QED) is 0.893. The third-order valence-electron chi connectivity index (χ3n) is 2.38. The lowest BCUT2D eigenvalue weighted by molar-refractivity contribution is 0.102. The SMILES string of the molecule is O=C(Nc1ncccc1CO)c1cccc(Cl)c1. The fourth-order valence-corrected chi connectivity index (χ4v) is 1.68. The second kappa shape index (κ2) is 5.62. The Bertz CT molecular complexity index is 572. The van der Waals surface area contributed by atoms with E-state index < -0.39 is 0 Å². The van der Waals surface area contributed by atoms with Gasteiger partial charge >= 0.3 is 0 Å². The highest BCUT2D eigenvalue weighted by Gasteiger charge is 2.09. The minimum atomic E-state index is -0.314. The number of benzene rings is 1. The third-order valence-corrected chi connectivity index (χ3v) is 2.62. The molecule has 1 heterocycles. The summed E-state index contributed by atoms with van der Waals surface area (Å²) in [5, 5.41) is 12.3. The Labute approximate surface area is 109 Å². The molecule has 0 aliphatic heterocycles. The second-order valence-corrected chi connectivity index (χ2v) is 4.07. The first-order valence-corrected chi connectivity index (χ1v) is 5.70. The maximum absolute atomic E-state index is 11.9. The van der Waals surface area contributed by atoms with Gasteiger partial charge in [0.1, 0.15) is 5.82 Å². The summed E-state index contributed by atoms with van der Waals surface area (Å²) in [7, 11) is 0. The maximum atomic E-state index is 11.9. The predicted octanol–water partition coefficient (Wildman–Crippen LogP) is 2.48. The van der Waals surface area contributed by atoms with Gasteiger partial charge in [0.15, 0.2) is 0 Å². The van der Waals surface area contributed by atoms with Crippen LogP contribution in [0, 0.1) is 0 Å². The lowest BCUT2D eigenvalue weighted by atomic mass is 10.2. The van der Waals surface area contributed by atoms with E-state index in [9.17, 15) is 4.79 Å². The van der Waals surface area contributed by atoms with Gasteiger partial charge in [0.25, 0.3) is 5.91 Å². The smallest absolute Gasteiger partial charge is 0.256 e. The highest BCUT2D eigenvalue weighted by atomic mass is 35.5. The predicted molar refractivity (Wildman–Crippen MR) is 69.6 cm³/mol. The Hall–Kier alpha value is -1.91. The van der Waals surface area contributed by atoms with Crippen LogP contribution in [0.1, 0.15) is 15.9 Å². The lowest BCUT2D eigenvalue weighted by Gasteiger charge is -2.08. The van der Waals surface area contributed by atoms with Crippen molar-refractivity contribution in [3.8, 4) is 0 Å². The summed E-state index contributed by atoms with van der Waals surface area (Å²) in [5.74, 6) is 0.0378. The van der Waals surface area contributed by atoms with Crippen molar-refractivity contribution in [3.63, 3.8) is 0 Å². The van der Waals surface area contributed by atoms with Gasteiger partial charge in [-0.25, -0.2) is 4.98 Å². The molecular weight excluding hydrogens is 252 g/mol. The van der Waals surface area contributed by atoms with Crippen LogP contribution in [0.4, 0.5) is 5.82 Å². The van der Waals surface area contributed by atoms with Crippen LogP contribution in [0.25, 0.3) is 0 Å². The number of aromatic nitrogens is 1. The van der Waals surface area contributed by atoms with Gasteiger partial charge in [-0.3, -0.25) is 4.79 Å². The van der Waals surface area contributed by atoms with Crippen molar-refractivity contribution < 1.29 is 9.90 Å². The van der Waals surface area contributed by atoms with E-state index in [-0.39, 0.29) is 12.5 Å². The van der Waals surface area contributed by atoms with E-state index in [4.69, 9.17) is 16.7 Å². The Morgan fingerprint density at radius 1 is 1.33 bits per heavy atom. The van der Waals surface area contributed by atoms with Gasteiger partial charge < -0.3 is 10.4 Å². The van der Waals surface area contributed by atoms with Crippen molar-refractivity contribution in [3.05, 3.63) is 58.7 Å². The molecule has 0 saturated heterocycles. The zero-order chi connectivity index (χ0) is 13.0. The van der Waals surface area contributed by atoms with Crippen molar-refractivity contribution in [2.24, 2.45) is 0 Å². The number of nitrogens with one attached hydrogen (secondary N) is 1. The fraction of sp³-hybridized carbons (Fsp3) is 0.0769. The Morgan fingerprint density at radius 3 is 2.89 bits per heavy atom. The molecule has 0 saturated carbocycles. The zero-order valence-corrected chi connectivity index (χ0v) is 10.2. The van der Waals surface area contributed by atoms with Gasteiger partial charge in [0, 0.05) is 22.3 Å². The van der Waals surface area contributed by atoms with Crippen LogP contribution in [-0.2, 0) is 6.61 Å². The van der Waals surface area contributed by atoms with E-state index in [1.807, 2.05) is 0 Å². The second-order valence-electron chi connectivity index (χ2n) is 3.63. The van der Waals surface area contributed by atoms with Crippen molar-refractivity contribution in [2.75, 3.05) is 5.32 Å². The average Bonchev–Trinajstić information content (AvgIpc) is 2.39. The fourth-order valence-electron chi connectivity index (χ4n) is 1.49. The molecule has 2 rings (SSSR count). The van der Waals surface area contributed by atoms with E-state index in [0.29, 0.717) is 22.0 Å². The van der Waals surface area contributed by atoms with E-state index in [1.54, 1.807) is 42.6 Å². The highest BCUT2D eigenvalue weighted by molar-refractivity contribution is 6.31. The van der Waals surface area contributed by atoms with Crippen molar-refractivity contribution in [2.45, 2.75) is 6.61 Å². The molecule has 1 amide bonds. The number of halogens is 1. The Kier molecular flexibility index (Phi) is 3.92. The summed E-state index contributed by atoms with van der Waals surface area (Å²) in [6.45, 7) is -0.182. The normalized spacial score (nSPS) is 10.1. The molecule has 0 unspecified atom stereocenters. The molecule has 4 nitrogen and oxygen atoms in total. The first-order valence-electron chi connectivity index (χ1n) is 5.32. The summed E-state index contributed by atoms with van der Waals surface area (Å²) in [4.78, 5) is 16.0. The number of aliphatic hydroxyl groups excluding tert-OH is 1. The van der Waals surface area contributed by atoms with E-state index in [1.165, 1.54) is 0 Å². The largest absolute Gasteiger partial charge is 0.392 e. The minimum absolute atomic E-state index is 0.182. The minimum Gasteiger partial charge on any atom is -0.392 e. The Morgan fingerprint density at radius 2 is 2.17 bits per heavy atom.